The van der Waals surface area contributed by atoms with E-state index in [1.165, 1.54) is 24.8 Å². The van der Waals surface area contributed by atoms with Gasteiger partial charge in [0, 0.05) is 17.7 Å². The number of H-pyrrole nitrogens is 2. The van der Waals surface area contributed by atoms with Gasteiger partial charge < -0.3 is 10.1 Å². The average molecular weight is 430 g/mol. The second-order valence-corrected chi connectivity index (χ2v) is 9.67. The number of benzene rings is 1. The minimum atomic E-state index is -0.115. The summed E-state index contributed by atoms with van der Waals surface area (Å²) in [6.45, 7) is 6.72. The van der Waals surface area contributed by atoms with Gasteiger partial charge in [-0.1, -0.05) is 49.3 Å². The van der Waals surface area contributed by atoms with Gasteiger partial charge in [-0.05, 0) is 68.1 Å². The molecule has 1 saturated carbocycles. The number of nitrogens with zero attached hydrogens (tertiary/aromatic N) is 1. The van der Waals surface area contributed by atoms with Crippen molar-refractivity contribution in [1.29, 1.82) is 0 Å². The Morgan fingerprint density at radius 1 is 1.19 bits per heavy atom. The molecular formula is C27H31N3O2. The van der Waals surface area contributed by atoms with E-state index >= 15 is 0 Å². The number of fused-ring (bicyclic) bond motifs is 2. The highest BCUT2D eigenvalue weighted by Crippen LogP contribution is 2.51. The van der Waals surface area contributed by atoms with Gasteiger partial charge in [0.2, 0.25) is 0 Å². The topological polar surface area (TPSA) is 81.8 Å². The summed E-state index contributed by atoms with van der Waals surface area (Å²) in [5.74, 6) is 2.60. The molecule has 2 aliphatic carbocycles. The van der Waals surface area contributed by atoms with Crippen LogP contribution in [-0.4, -0.2) is 20.3 Å². The predicted octanol–water partition coefficient (Wildman–Crippen LogP) is 5.91. The Bertz CT molecular complexity index is 1250. The number of rotatable bonds is 3. The molecule has 2 aliphatic rings. The molecule has 2 heterocycles. The highest BCUT2D eigenvalue weighted by atomic mass is 16.3. The number of nitrogens with one attached hydrogen (secondary N) is 2. The van der Waals surface area contributed by atoms with E-state index in [1.54, 1.807) is 18.3 Å². The Labute approximate surface area is 188 Å². The third kappa shape index (κ3) is 3.40. The van der Waals surface area contributed by atoms with Crippen molar-refractivity contribution >= 4 is 10.9 Å². The van der Waals surface area contributed by atoms with Crippen molar-refractivity contribution in [1.82, 2.24) is 15.2 Å². The molecule has 32 heavy (non-hydrogen) atoms. The predicted molar refractivity (Wildman–Crippen MR) is 129 cm³/mol. The molecule has 3 aromatic rings. The first kappa shape index (κ1) is 20.8. The van der Waals surface area contributed by atoms with Crippen molar-refractivity contribution in [3.05, 3.63) is 70.3 Å². The minimum Gasteiger partial charge on any atom is -0.508 e. The average Bonchev–Trinajstić information content (AvgIpc) is 3.22. The SMILES string of the molecule is C/C=C/[C@@H]1[C@H]2C[C@@H](C)CC[C@@H]2C(C)=C[C@H]1c1[nH]nc2c(-c3ccc(O)cc3)c[nH]c(=O)c12. The summed E-state index contributed by atoms with van der Waals surface area (Å²) in [7, 11) is 0. The summed E-state index contributed by atoms with van der Waals surface area (Å²) in [6, 6.07) is 7.00. The van der Waals surface area contributed by atoms with Crippen LogP contribution < -0.4 is 5.56 Å². The Balaban J connectivity index is 1.67. The monoisotopic (exact) mass is 429 g/mol. The van der Waals surface area contributed by atoms with Crippen LogP contribution in [0, 0.1) is 23.7 Å². The maximum atomic E-state index is 13.0. The molecule has 0 radical (unpaired) electrons. The molecule has 1 aromatic carbocycles. The lowest BCUT2D eigenvalue weighted by atomic mass is 9.59. The van der Waals surface area contributed by atoms with E-state index in [0.29, 0.717) is 28.7 Å². The fraction of sp³-hybridized carbons (Fsp3) is 0.407. The Hall–Kier alpha value is -3.08. The zero-order valence-electron chi connectivity index (χ0n) is 18.9. The van der Waals surface area contributed by atoms with Gasteiger partial charge in [0.1, 0.15) is 11.3 Å². The fourth-order valence-electron chi connectivity index (χ4n) is 6.12. The van der Waals surface area contributed by atoms with Crippen LogP contribution in [0.3, 0.4) is 0 Å². The van der Waals surface area contributed by atoms with E-state index in [0.717, 1.165) is 22.7 Å². The molecule has 0 spiro atoms. The first-order chi connectivity index (χ1) is 15.5. The van der Waals surface area contributed by atoms with Crippen LogP contribution in [0.15, 0.2) is 59.1 Å². The molecule has 2 aromatic heterocycles. The van der Waals surface area contributed by atoms with E-state index in [4.69, 9.17) is 0 Å². The standard InChI is InChI=1S/C27H31N3O2/c1-4-5-20-21-12-15(2)6-11-19(21)16(3)13-22(20)25-24-26(30-29-25)23(14-28-27(24)32)17-7-9-18(31)10-8-17/h4-5,7-10,13-15,19-22,31H,6,11-12H2,1-3H3,(H,28,32)(H,29,30)/b5-4+/t15-,19+,20+,21-,22+/m0/s1. The summed E-state index contributed by atoms with van der Waals surface area (Å²) < 4.78 is 0. The lowest BCUT2D eigenvalue weighted by molar-refractivity contribution is 0.150. The molecule has 166 valence electrons. The van der Waals surface area contributed by atoms with E-state index < -0.39 is 0 Å². The van der Waals surface area contributed by atoms with E-state index in [9.17, 15) is 9.90 Å². The number of phenols is 1. The van der Waals surface area contributed by atoms with Gasteiger partial charge in [-0.3, -0.25) is 9.89 Å². The summed E-state index contributed by atoms with van der Waals surface area (Å²) >= 11 is 0. The van der Waals surface area contributed by atoms with Crippen molar-refractivity contribution in [2.45, 2.75) is 46.0 Å². The molecule has 0 bridgehead atoms. The third-order valence-corrected chi connectivity index (χ3v) is 7.65. The third-order valence-electron chi connectivity index (χ3n) is 7.65. The lowest BCUT2D eigenvalue weighted by Gasteiger charge is -2.45. The molecule has 1 fully saturated rings. The number of allylic oxidation sites excluding steroid dienone is 4. The fourth-order valence-corrected chi connectivity index (χ4v) is 6.12. The molecule has 5 nitrogen and oxygen atoms in total. The molecule has 5 atom stereocenters. The number of phenolic OH excluding ortho intramolecular Hbond substituents is 1. The summed E-state index contributed by atoms with van der Waals surface area (Å²) in [5.41, 5.74) is 4.67. The van der Waals surface area contributed by atoms with Crippen LogP contribution in [0.2, 0.25) is 0 Å². The van der Waals surface area contributed by atoms with Crippen LogP contribution in [0.25, 0.3) is 22.0 Å². The zero-order valence-corrected chi connectivity index (χ0v) is 18.9. The maximum absolute atomic E-state index is 13.0. The Morgan fingerprint density at radius 3 is 2.72 bits per heavy atom. The second kappa shape index (κ2) is 8.12. The van der Waals surface area contributed by atoms with Crippen LogP contribution in [0.5, 0.6) is 5.75 Å². The number of aromatic amines is 2. The highest BCUT2D eigenvalue weighted by Gasteiger charge is 2.42. The summed E-state index contributed by atoms with van der Waals surface area (Å²) in [5, 5.41) is 18.2. The zero-order chi connectivity index (χ0) is 22.4. The molecule has 0 amide bonds. The van der Waals surface area contributed by atoms with Gasteiger partial charge in [-0.15, -0.1) is 0 Å². The number of aromatic hydroxyl groups is 1. The van der Waals surface area contributed by atoms with Gasteiger partial charge >= 0.3 is 0 Å². The van der Waals surface area contributed by atoms with Crippen molar-refractivity contribution < 1.29 is 5.11 Å². The van der Waals surface area contributed by atoms with Crippen LogP contribution in [-0.2, 0) is 0 Å². The van der Waals surface area contributed by atoms with Crippen molar-refractivity contribution in [2.75, 3.05) is 0 Å². The maximum Gasteiger partial charge on any atom is 0.259 e. The number of hydrogen-bond donors (Lipinski definition) is 3. The Morgan fingerprint density at radius 2 is 1.97 bits per heavy atom. The smallest absolute Gasteiger partial charge is 0.259 e. The van der Waals surface area contributed by atoms with Crippen LogP contribution in [0.4, 0.5) is 0 Å². The van der Waals surface area contributed by atoms with Gasteiger partial charge in [0.05, 0.1) is 11.1 Å². The molecule has 0 saturated heterocycles. The molecule has 3 N–H and O–H groups in total. The van der Waals surface area contributed by atoms with Crippen molar-refractivity contribution in [3.8, 4) is 16.9 Å². The summed E-state index contributed by atoms with van der Waals surface area (Å²) in [4.78, 5) is 16.0. The van der Waals surface area contributed by atoms with Crippen molar-refractivity contribution in [2.24, 2.45) is 23.7 Å². The van der Waals surface area contributed by atoms with Gasteiger partial charge in [0.25, 0.3) is 5.56 Å². The highest BCUT2D eigenvalue weighted by molar-refractivity contribution is 5.94. The van der Waals surface area contributed by atoms with Gasteiger partial charge in [-0.25, -0.2) is 0 Å². The summed E-state index contributed by atoms with van der Waals surface area (Å²) in [6.07, 6.45) is 12.4. The second-order valence-electron chi connectivity index (χ2n) is 9.67. The number of aromatic nitrogens is 3. The van der Waals surface area contributed by atoms with E-state index in [1.807, 2.05) is 12.1 Å². The largest absolute Gasteiger partial charge is 0.508 e. The van der Waals surface area contributed by atoms with E-state index in [2.05, 4.69) is 54.2 Å². The number of pyridine rings is 1. The Kier molecular flexibility index (Phi) is 5.28. The van der Waals surface area contributed by atoms with Crippen LogP contribution >= 0.6 is 0 Å². The number of hydrogen-bond acceptors (Lipinski definition) is 3. The lowest BCUT2D eigenvalue weighted by Crippen LogP contribution is -2.36. The van der Waals surface area contributed by atoms with Crippen LogP contribution in [0.1, 0.15) is 51.6 Å². The van der Waals surface area contributed by atoms with E-state index in [-0.39, 0.29) is 17.2 Å². The van der Waals surface area contributed by atoms with Gasteiger partial charge in [0.15, 0.2) is 0 Å². The molecule has 5 rings (SSSR count). The quantitative estimate of drug-likeness (QED) is 0.453. The first-order valence-electron chi connectivity index (χ1n) is 11.7. The van der Waals surface area contributed by atoms with Gasteiger partial charge in [-0.2, -0.15) is 5.10 Å². The molecule has 0 aliphatic heterocycles. The molecular weight excluding hydrogens is 398 g/mol. The first-order valence-corrected chi connectivity index (χ1v) is 11.7. The normalized spacial score (nSPS) is 28.1. The molecule has 0 unspecified atom stereocenters. The van der Waals surface area contributed by atoms with Crippen molar-refractivity contribution in [3.63, 3.8) is 0 Å². The molecule has 5 heteroatoms. The minimum absolute atomic E-state index is 0.0962.